The number of aromatic hydroxyl groups is 2. The molecule has 1 aliphatic rings. The minimum absolute atomic E-state index is 0.0423. The molecule has 5 rings (SSSR count). The van der Waals surface area contributed by atoms with Crippen LogP contribution in [0.4, 0.5) is 5.69 Å². The molecule has 1 saturated heterocycles. The third-order valence-corrected chi connectivity index (χ3v) is 7.22. The van der Waals surface area contributed by atoms with Crippen LogP contribution in [0.5, 0.6) is 11.5 Å². The number of benzene rings is 2. The minimum Gasteiger partial charge on any atom is -0.508 e. The number of thioether (sulfide) groups is 1. The number of pyridine rings is 1. The van der Waals surface area contributed by atoms with Crippen molar-refractivity contribution >= 4 is 17.4 Å². The molecule has 8 nitrogen and oxygen atoms in total. The summed E-state index contributed by atoms with van der Waals surface area (Å²) in [7, 11) is 0. The molecule has 0 saturated carbocycles. The second-order valence-corrected chi connectivity index (χ2v) is 9.93. The van der Waals surface area contributed by atoms with E-state index < -0.39 is 0 Å². The molecule has 0 spiro atoms. The lowest BCUT2D eigenvalue weighted by Crippen LogP contribution is -2.36. The quantitative estimate of drug-likeness (QED) is 0.341. The van der Waals surface area contributed by atoms with E-state index in [1.54, 1.807) is 24.0 Å². The van der Waals surface area contributed by atoms with Crippen molar-refractivity contribution in [1.29, 1.82) is 0 Å². The Kier molecular flexibility index (Phi) is 7.11. The van der Waals surface area contributed by atoms with E-state index in [1.807, 2.05) is 48.9 Å². The fraction of sp³-hybridized carbons (Fsp3) is 0.296. The number of morpholine rings is 1. The smallest absolute Gasteiger partial charge is 0.196 e. The number of phenols is 2. The molecular formula is C27H29N5O3S. The van der Waals surface area contributed by atoms with Crippen molar-refractivity contribution in [2.24, 2.45) is 0 Å². The molecule has 9 heteroatoms. The number of hydrogen-bond donors (Lipinski definition) is 2. The molecule has 1 fully saturated rings. The van der Waals surface area contributed by atoms with Gasteiger partial charge in [0, 0.05) is 48.7 Å². The van der Waals surface area contributed by atoms with Crippen molar-refractivity contribution in [3.8, 4) is 28.6 Å². The largest absolute Gasteiger partial charge is 0.508 e. The van der Waals surface area contributed by atoms with Gasteiger partial charge in [-0.25, -0.2) is 0 Å². The predicted octanol–water partition coefficient (Wildman–Crippen LogP) is 4.99. The Morgan fingerprint density at radius 2 is 1.72 bits per heavy atom. The summed E-state index contributed by atoms with van der Waals surface area (Å²) in [6.07, 6.45) is 3.59. The summed E-state index contributed by atoms with van der Waals surface area (Å²) in [4.78, 5) is 6.51. The maximum Gasteiger partial charge on any atom is 0.196 e. The average molecular weight is 504 g/mol. The molecule has 4 aromatic rings. The molecule has 2 N–H and O–H groups in total. The molecular weight excluding hydrogens is 474 g/mol. The fourth-order valence-corrected chi connectivity index (χ4v) is 5.16. The van der Waals surface area contributed by atoms with Crippen LogP contribution < -0.4 is 4.90 Å². The number of anilines is 1. The molecule has 0 aliphatic carbocycles. The monoisotopic (exact) mass is 503 g/mol. The van der Waals surface area contributed by atoms with Crippen LogP contribution >= 0.6 is 11.8 Å². The van der Waals surface area contributed by atoms with Crippen LogP contribution in [0.1, 0.15) is 30.9 Å². The maximum absolute atomic E-state index is 10.8. The zero-order valence-electron chi connectivity index (χ0n) is 20.3. The molecule has 0 unspecified atom stereocenters. The predicted molar refractivity (Wildman–Crippen MR) is 141 cm³/mol. The third kappa shape index (κ3) is 5.03. The summed E-state index contributed by atoms with van der Waals surface area (Å²) in [5.74, 6) is 1.30. The summed E-state index contributed by atoms with van der Waals surface area (Å²) in [5, 5.41) is 30.8. The van der Waals surface area contributed by atoms with Crippen molar-refractivity contribution in [3.05, 3.63) is 72.1 Å². The van der Waals surface area contributed by atoms with Crippen LogP contribution in [0.3, 0.4) is 0 Å². The molecule has 1 aliphatic heterocycles. The van der Waals surface area contributed by atoms with Gasteiger partial charge >= 0.3 is 0 Å². The molecule has 3 heterocycles. The second-order valence-electron chi connectivity index (χ2n) is 8.99. The van der Waals surface area contributed by atoms with Gasteiger partial charge in [-0.1, -0.05) is 31.7 Å². The standard InChI is InChI=1S/C27H29N5O3S/c1-18(2)22-14-23(25(34)15-24(22)33)26-29-30-27(36-17-19-4-3-9-28-16-19)32(26)21-7-5-20(6-8-21)31-10-12-35-13-11-31/h3-9,14-16,18,33-34H,10-13,17H2,1-2H3. The highest BCUT2D eigenvalue weighted by Crippen LogP contribution is 2.39. The summed E-state index contributed by atoms with van der Waals surface area (Å²) < 4.78 is 7.44. The van der Waals surface area contributed by atoms with Crippen molar-refractivity contribution in [2.75, 3.05) is 31.2 Å². The molecule has 0 radical (unpaired) electrons. The van der Waals surface area contributed by atoms with Crippen LogP contribution in [-0.2, 0) is 10.5 Å². The van der Waals surface area contributed by atoms with E-state index in [-0.39, 0.29) is 17.4 Å². The molecule has 2 aromatic heterocycles. The van der Waals surface area contributed by atoms with Gasteiger partial charge in [-0.2, -0.15) is 0 Å². The van der Waals surface area contributed by atoms with E-state index in [9.17, 15) is 10.2 Å². The first-order valence-electron chi connectivity index (χ1n) is 12.0. The zero-order valence-corrected chi connectivity index (χ0v) is 21.1. The zero-order chi connectivity index (χ0) is 25.1. The minimum atomic E-state index is -0.0423. The van der Waals surface area contributed by atoms with E-state index in [0.29, 0.717) is 22.3 Å². The van der Waals surface area contributed by atoms with E-state index >= 15 is 0 Å². The molecule has 0 amide bonds. The van der Waals surface area contributed by atoms with Gasteiger partial charge in [0.25, 0.3) is 0 Å². The summed E-state index contributed by atoms with van der Waals surface area (Å²) in [6, 6.07) is 15.4. The Morgan fingerprint density at radius 1 is 0.972 bits per heavy atom. The van der Waals surface area contributed by atoms with E-state index in [1.165, 1.54) is 6.07 Å². The lowest BCUT2D eigenvalue weighted by molar-refractivity contribution is 0.122. The molecule has 36 heavy (non-hydrogen) atoms. The van der Waals surface area contributed by atoms with Gasteiger partial charge in [0.2, 0.25) is 0 Å². The number of hydrogen-bond acceptors (Lipinski definition) is 8. The van der Waals surface area contributed by atoms with Crippen molar-refractivity contribution in [1.82, 2.24) is 19.7 Å². The molecule has 0 atom stereocenters. The van der Waals surface area contributed by atoms with Crippen LogP contribution in [0.15, 0.2) is 66.1 Å². The fourth-order valence-electron chi connectivity index (χ4n) is 4.27. The van der Waals surface area contributed by atoms with Gasteiger partial charge in [0.15, 0.2) is 11.0 Å². The first-order chi connectivity index (χ1) is 17.5. The van der Waals surface area contributed by atoms with Gasteiger partial charge in [-0.15, -0.1) is 10.2 Å². The van der Waals surface area contributed by atoms with E-state index in [2.05, 4.69) is 32.2 Å². The Hall–Kier alpha value is -3.56. The van der Waals surface area contributed by atoms with Crippen molar-refractivity contribution < 1.29 is 14.9 Å². The normalized spacial score (nSPS) is 13.9. The summed E-state index contributed by atoms with van der Waals surface area (Å²) in [5.41, 5.74) is 4.37. The van der Waals surface area contributed by atoms with Crippen LogP contribution in [0.25, 0.3) is 17.1 Å². The number of nitrogens with zero attached hydrogens (tertiary/aromatic N) is 5. The average Bonchev–Trinajstić information content (AvgIpc) is 3.32. The SMILES string of the molecule is CC(C)c1cc(-c2nnc(SCc3cccnc3)n2-c2ccc(N3CCOCC3)cc2)c(O)cc1O. The van der Waals surface area contributed by atoms with Crippen molar-refractivity contribution in [2.45, 2.75) is 30.7 Å². The third-order valence-electron chi connectivity index (χ3n) is 6.22. The van der Waals surface area contributed by atoms with Gasteiger partial charge in [-0.3, -0.25) is 9.55 Å². The topological polar surface area (TPSA) is 96.5 Å². The van der Waals surface area contributed by atoms with Gasteiger partial charge in [-0.05, 0) is 53.4 Å². The van der Waals surface area contributed by atoms with Gasteiger partial charge in [0.1, 0.15) is 11.5 Å². The Balaban J connectivity index is 1.56. The number of aromatic nitrogens is 4. The first kappa shape index (κ1) is 24.1. The second kappa shape index (κ2) is 10.6. The van der Waals surface area contributed by atoms with E-state index in [4.69, 9.17) is 4.74 Å². The van der Waals surface area contributed by atoms with Crippen LogP contribution in [-0.4, -0.2) is 56.3 Å². The van der Waals surface area contributed by atoms with Crippen LogP contribution in [0.2, 0.25) is 0 Å². The summed E-state index contributed by atoms with van der Waals surface area (Å²) >= 11 is 1.55. The lowest BCUT2D eigenvalue weighted by atomic mass is 9.98. The van der Waals surface area contributed by atoms with Gasteiger partial charge < -0.3 is 19.8 Å². The lowest BCUT2D eigenvalue weighted by Gasteiger charge is -2.29. The highest BCUT2D eigenvalue weighted by molar-refractivity contribution is 7.98. The number of rotatable bonds is 7. The summed E-state index contributed by atoms with van der Waals surface area (Å²) in [6.45, 7) is 7.18. The number of ether oxygens (including phenoxy) is 1. The maximum atomic E-state index is 10.8. The highest BCUT2D eigenvalue weighted by Gasteiger charge is 2.22. The Bertz CT molecular complexity index is 1320. The molecule has 186 valence electrons. The van der Waals surface area contributed by atoms with Crippen LogP contribution in [0, 0.1) is 0 Å². The van der Waals surface area contributed by atoms with Crippen molar-refractivity contribution in [3.63, 3.8) is 0 Å². The first-order valence-corrected chi connectivity index (χ1v) is 13.0. The number of phenolic OH excluding ortho intramolecular Hbond substituents is 2. The van der Waals surface area contributed by atoms with Gasteiger partial charge in [0.05, 0.1) is 18.8 Å². The highest BCUT2D eigenvalue weighted by atomic mass is 32.2. The van der Waals surface area contributed by atoms with E-state index in [0.717, 1.165) is 48.8 Å². The molecule has 2 aromatic carbocycles. The Morgan fingerprint density at radius 3 is 2.42 bits per heavy atom. The Labute approximate surface area is 214 Å². The molecule has 0 bridgehead atoms.